The van der Waals surface area contributed by atoms with Crippen LogP contribution in [0.2, 0.25) is 0 Å². The van der Waals surface area contributed by atoms with Crippen molar-refractivity contribution in [1.82, 2.24) is 14.3 Å². The van der Waals surface area contributed by atoms with Crippen LogP contribution in [0.15, 0.2) is 53.3 Å². The van der Waals surface area contributed by atoms with Crippen molar-refractivity contribution in [3.8, 4) is 34.3 Å². The molecule has 0 unspecified atom stereocenters. The van der Waals surface area contributed by atoms with E-state index in [-0.39, 0.29) is 29.4 Å². The van der Waals surface area contributed by atoms with Gasteiger partial charge in [0.1, 0.15) is 45.8 Å². The maximum atomic E-state index is 15.4. The number of phenolic OH excluding ortho intramolecular Hbond substituents is 1. The molecule has 4 N–H and O–H groups in total. The van der Waals surface area contributed by atoms with Gasteiger partial charge in [-0.1, -0.05) is 0 Å². The van der Waals surface area contributed by atoms with Crippen LogP contribution in [0.5, 0.6) is 17.2 Å². The molecular formula is C27H23F6N5O6. The van der Waals surface area contributed by atoms with E-state index < -0.39 is 70.8 Å². The zero-order valence-electron chi connectivity index (χ0n) is 22.7. The first-order valence-corrected chi connectivity index (χ1v) is 12.4. The second-order valence-corrected chi connectivity index (χ2v) is 8.94. The SMILES string of the molecule is COc1cc(O)c(-c2c(NC(=O)c3ccc(OC(F)F)cc3)c(=O)n(-c3nc(NCCO)ccc3C(F)(F)F)n2C)c(F)c1. The van der Waals surface area contributed by atoms with E-state index in [4.69, 9.17) is 9.84 Å². The molecule has 234 valence electrons. The Morgan fingerprint density at radius 3 is 2.34 bits per heavy atom. The number of ether oxygens (including phenoxy) is 2. The van der Waals surface area contributed by atoms with Gasteiger partial charge in [0.15, 0.2) is 5.82 Å². The largest absolute Gasteiger partial charge is 0.507 e. The highest BCUT2D eigenvalue weighted by atomic mass is 19.4. The van der Waals surface area contributed by atoms with Crippen molar-refractivity contribution in [3.63, 3.8) is 0 Å². The van der Waals surface area contributed by atoms with Gasteiger partial charge in [0, 0.05) is 31.3 Å². The second-order valence-electron chi connectivity index (χ2n) is 8.94. The Bertz CT molecular complexity index is 1710. The van der Waals surface area contributed by atoms with Crippen LogP contribution < -0.4 is 25.7 Å². The van der Waals surface area contributed by atoms with Crippen molar-refractivity contribution in [1.29, 1.82) is 0 Å². The number of carbonyl (C=O) groups is 1. The number of amides is 1. The standard InChI is InChI=1S/C27H23F6N5O6/c1-37-22(20-17(28)11-15(43-2)12-18(20)40)21(36-24(41)13-3-5-14(6-4-13)44-26(29)30)25(42)38(37)23-16(27(31,32)33)7-8-19(35-23)34-9-10-39/h3-8,11-12,26,39-40H,9-10H2,1-2H3,(H,34,35)(H,36,41). The van der Waals surface area contributed by atoms with E-state index in [9.17, 15) is 36.6 Å². The lowest BCUT2D eigenvalue weighted by Crippen LogP contribution is -2.26. The lowest BCUT2D eigenvalue weighted by atomic mass is 10.1. The smallest absolute Gasteiger partial charge is 0.420 e. The van der Waals surface area contributed by atoms with E-state index in [0.29, 0.717) is 10.7 Å². The number of aromatic nitrogens is 3. The van der Waals surface area contributed by atoms with Crippen LogP contribution in [0.3, 0.4) is 0 Å². The number of benzene rings is 2. The van der Waals surface area contributed by atoms with Gasteiger partial charge in [-0.05, 0) is 36.4 Å². The Balaban J connectivity index is 1.96. The predicted octanol–water partition coefficient (Wildman–Crippen LogP) is 4.37. The number of alkyl halides is 5. The number of rotatable bonds is 10. The normalized spacial score (nSPS) is 11.5. The molecule has 2 heterocycles. The third-order valence-corrected chi connectivity index (χ3v) is 6.16. The molecule has 2 aromatic carbocycles. The molecule has 0 atom stereocenters. The van der Waals surface area contributed by atoms with E-state index >= 15 is 4.39 Å². The summed E-state index contributed by atoms with van der Waals surface area (Å²) in [6, 6.07) is 7.62. The summed E-state index contributed by atoms with van der Waals surface area (Å²) < 4.78 is 93.0. The van der Waals surface area contributed by atoms with Crippen molar-refractivity contribution in [3.05, 3.63) is 75.8 Å². The fourth-order valence-electron chi connectivity index (χ4n) is 4.25. The highest BCUT2D eigenvalue weighted by Crippen LogP contribution is 2.40. The van der Waals surface area contributed by atoms with Gasteiger partial charge in [-0.15, -0.1) is 0 Å². The summed E-state index contributed by atoms with van der Waals surface area (Å²) in [6.45, 7) is -3.63. The molecule has 0 radical (unpaired) electrons. The molecule has 17 heteroatoms. The maximum Gasteiger partial charge on any atom is 0.420 e. The van der Waals surface area contributed by atoms with Gasteiger partial charge in [-0.2, -0.15) is 26.6 Å². The summed E-state index contributed by atoms with van der Waals surface area (Å²) in [5.74, 6) is -4.55. The Kier molecular flexibility index (Phi) is 9.08. The number of aliphatic hydroxyl groups is 1. The number of hydrogen-bond donors (Lipinski definition) is 4. The highest BCUT2D eigenvalue weighted by molar-refractivity contribution is 6.06. The topological polar surface area (TPSA) is 140 Å². The number of nitrogens with one attached hydrogen (secondary N) is 2. The minimum Gasteiger partial charge on any atom is -0.507 e. The summed E-state index contributed by atoms with van der Waals surface area (Å²) >= 11 is 0. The third-order valence-electron chi connectivity index (χ3n) is 6.16. The molecule has 0 bridgehead atoms. The fourth-order valence-corrected chi connectivity index (χ4v) is 4.25. The van der Waals surface area contributed by atoms with Crippen molar-refractivity contribution in [2.45, 2.75) is 12.8 Å². The van der Waals surface area contributed by atoms with Crippen molar-refractivity contribution < 1.29 is 50.8 Å². The van der Waals surface area contributed by atoms with Gasteiger partial charge in [0.2, 0.25) is 0 Å². The minimum absolute atomic E-state index is 0.0987. The Morgan fingerprint density at radius 1 is 1.09 bits per heavy atom. The average molecular weight is 627 g/mol. The highest BCUT2D eigenvalue weighted by Gasteiger charge is 2.37. The average Bonchev–Trinajstić information content (AvgIpc) is 3.19. The molecular weight excluding hydrogens is 604 g/mol. The number of nitrogens with zero attached hydrogens (tertiary/aromatic N) is 3. The van der Waals surface area contributed by atoms with Crippen LogP contribution >= 0.6 is 0 Å². The number of methoxy groups -OCH3 is 1. The first-order chi connectivity index (χ1) is 20.8. The molecule has 1 amide bonds. The first-order valence-electron chi connectivity index (χ1n) is 12.4. The van der Waals surface area contributed by atoms with Crippen LogP contribution in [0.25, 0.3) is 17.1 Å². The van der Waals surface area contributed by atoms with E-state index in [2.05, 4.69) is 20.4 Å². The minimum atomic E-state index is -5.04. The molecule has 0 aliphatic heterocycles. The molecule has 0 saturated heterocycles. The van der Waals surface area contributed by atoms with Gasteiger partial charge in [0.05, 0.1) is 19.3 Å². The van der Waals surface area contributed by atoms with Gasteiger partial charge in [-0.3, -0.25) is 14.3 Å². The summed E-state index contributed by atoms with van der Waals surface area (Å²) in [5, 5.41) is 24.6. The maximum absolute atomic E-state index is 15.4. The number of hydrogen-bond acceptors (Lipinski definition) is 8. The van der Waals surface area contributed by atoms with Crippen LogP contribution in [-0.2, 0) is 13.2 Å². The molecule has 4 aromatic rings. The van der Waals surface area contributed by atoms with Crippen LogP contribution in [0, 0.1) is 5.82 Å². The van der Waals surface area contributed by atoms with Crippen LogP contribution in [0.1, 0.15) is 15.9 Å². The van der Waals surface area contributed by atoms with Gasteiger partial charge in [0.25, 0.3) is 11.5 Å². The fraction of sp³-hybridized carbons (Fsp3) is 0.222. The predicted molar refractivity (Wildman–Crippen MR) is 144 cm³/mol. The number of carbonyl (C=O) groups excluding carboxylic acids is 1. The monoisotopic (exact) mass is 627 g/mol. The number of halogens is 6. The molecule has 2 aromatic heterocycles. The zero-order valence-corrected chi connectivity index (χ0v) is 22.7. The molecule has 0 aliphatic rings. The van der Waals surface area contributed by atoms with Gasteiger partial charge >= 0.3 is 12.8 Å². The Morgan fingerprint density at radius 2 is 1.77 bits per heavy atom. The van der Waals surface area contributed by atoms with E-state index in [1.165, 1.54) is 7.11 Å². The summed E-state index contributed by atoms with van der Waals surface area (Å²) in [7, 11) is 2.26. The number of pyridine rings is 1. The van der Waals surface area contributed by atoms with Crippen molar-refractivity contribution in [2.24, 2.45) is 7.05 Å². The van der Waals surface area contributed by atoms with E-state index in [0.717, 1.165) is 54.2 Å². The first kappa shape index (κ1) is 31.7. The molecule has 0 spiro atoms. The van der Waals surface area contributed by atoms with E-state index in [1.54, 1.807) is 0 Å². The number of anilines is 2. The van der Waals surface area contributed by atoms with Crippen LogP contribution in [0.4, 0.5) is 37.8 Å². The summed E-state index contributed by atoms with van der Waals surface area (Å²) in [5.41, 5.74) is -4.87. The van der Waals surface area contributed by atoms with Crippen molar-refractivity contribution >= 4 is 17.4 Å². The van der Waals surface area contributed by atoms with Crippen molar-refractivity contribution in [2.75, 3.05) is 30.9 Å². The Hall–Kier alpha value is -5.19. The van der Waals surface area contributed by atoms with Crippen LogP contribution in [-0.4, -0.2) is 57.3 Å². The number of phenols is 1. The summed E-state index contributed by atoms with van der Waals surface area (Å²) in [4.78, 5) is 30.8. The molecule has 0 aliphatic carbocycles. The van der Waals surface area contributed by atoms with Gasteiger partial charge < -0.3 is 30.3 Å². The Labute approximate surface area is 243 Å². The number of aromatic hydroxyl groups is 1. The number of aliphatic hydroxyl groups excluding tert-OH is 1. The second kappa shape index (κ2) is 12.6. The lowest BCUT2D eigenvalue weighted by molar-refractivity contribution is -0.137. The quantitative estimate of drug-likeness (QED) is 0.190. The molecule has 0 saturated carbocycles. The molecule has 0 fully saturated rings. The zero-order chi connectivity index (χ0) is 32.3. The molecule has 4 rings (SSSR count). The third kappa shape index (κ3) is 6.41. The lowest BCUT2D eigenvalue weighted by Gasteiger charge is -2.17. The molecule has 44 heavy (non-hydrogen) atoms. The summed E-state index contributed by atoms with van der Waals surface area (Å²) in [6.07, 6.45) is -5.04. The van der Waals surface area contributed by atoms with Gasteiger partial charge in [-0.25, -0.2) is 9.37 Å². The van der Waals surface area contributed by atoms with E-state index in [1.807, 2.05) is 0 Å². The molecule has 11 nitrogen and oxygen atoms in total.